The molecule has 0 spiro atoms. The van der Waals surface area contributed by atoms with Crippen LogP contribution in [0.4, 0.5) is 5.69 Å². The molecule has 1 aromatic carbocycles. The Balaban J connectivity index is 2.05. The fourth-order valence-corrected chi connectivity index (χ4v) is 2.42. The van der Waals surface area contributed by atoms with Gasteiger partial charge in [-0.05, 0) is 25.0 Å². The summed E-state index contributed by atoms with van der Waals surface area (Å²) in [5.41, 5.74) is 1.94. The molecular weight excluding hydrogens is 311 g/mol. The number of carbonyl (C=O) groups excluding carboxylic acids is 3. The molecule has 2 N–H and O–H groups in total. The molecule has 0 aliphatic carbocycles. The van der Waals surface area contributed by atoms with E-state index in [0.29, 0.717) is 13.0 Å². The fourth-order valence-electron chi connectivity index (χ4n) is 1.98. The standard InChI is InChI=1S/C16H23BN2O3S/c1-12(20)23-11-16(22)18-9-4-2-3-8-15(21)19-14-7-5-6-13(17)10-14/h5-7,10H,2-4,8-9,11,17H2,1H3,(H,18,22)(H,19,21). The van der Waals surface area contributed by atoms with Gasteiger partial charge in [0.1, 0.15) is 7.85 Å². The molecule has 0 fully saturated rings. The number of carbonyl (C=O) groups is 3. The maximum absolute atomic E-state index is 11.8. The predicted octanol–water partition coefficient (Wildman–Crippen LogP) is 0.840. The van der Waals surface area contributed by atoms with Crippen LogP contribution in [0.5, 0.6) is 0 Å². The smallest absolute Gasteiger partial charge is 0.230 e. The minimum absolute atomic E-state index is 0.0116. The molecule has 0 atom stereocenters. The Hall–Kier alpha value is -1.76. The number of rotatable bonds is 9. The van der Waals surface area contributed by atoms with Gasteiger partial charge in [0.25, 0.3) is 0 Å². The Kier molecular flexibility index (Phi) is 9.13. The summed E-state index contributed by atoms with van der Waals surface area (Å²) >= 11 is 1.01. The Morgan fingerprint density at radius 2 is 1.91 bits per heavy atom. The Bertz CT molecular complexity index is 552. The number of hydrogen-bond donors (Lipinski definition) is 2. The first kappa shape index (κ1) is 19.3. The van der Waals surface area contributed by atoms with Crippen LogP contribution >= 0.6 is 11.8 Å². The number of hydrogen-bond acceptors (Lipinski definition) is 4. The van der Waals surface area contributed by atoms with E-state index in [0.717, 1.165) is 42.2 Å². The van der Waals surface area contributed by atoms with E-state index >= 15 is 0 Å². The van der Waals surface area contributed by atoms with Gasteiger partial charge in [0.2, 0.25) is 11.8 Å². The highest BCUT2D eigenvalue weighted by Crippen LogP contribution is 2.06. The minimum atomic E-state index is -0.123. The zero-order valence-corrected chi connectivity index (χ0v) is 14.5. The monoisotopic (exact) mass is 334 g/mol. The molecule has 0 aromatic heterocycles. The first-order valence-electron chi connectivity index (χ1n) is 7.74. The third-order valence-electron chi connectivity index (χ3n) is 3.11. The minimum Gasteiger partial charge on any atom is -0.355 e. The van der Waals surface area contributed by atoms with Gasteiger partial charge in [-0.3, -0.25) is 14.4 Å². The number of thioether (sulfide) groups is 1. The van der Waals surface area contributed by atoms with Crippen LogP contribution in [-0.2, 0) is 14.4 Å². The topological polar surface area (TPSA) is 75.3 Å². The van der Waals surface area contributed by atoms with Crippen LogP contribution in [0.2, 0.25) is 0 Å². The third kappa shape index (κ3) is 9.78. The highest BCUT2D eigenvalue weighted by molar-refractivity contribution is 8.14. The van der Waals surface area contributed by atoms with Crippen LogP contribution < -0.4 is 16.1 Å². The van der Waals surface area contributed by atoms with Crippen molar-refractivity contribution in [2.24, 2.45) is 0 Å². The van der Waals surface area contributed by atoms with Crippen LogP contribution in [0, 0.1) is 0 Å². The Morgan fingerprint density at radius 3 is 2.61 bits per heavy atom. The molecule has 0 aliphatic heterocycles. The number of benzene rings is 1. The van der Waals surface area contributed by atoms with Crippen LogP contribution in [0.25, 0.3) is 0 Å². The van der Waals surface area contributed by atoms with Gasteiger partial charge in [0, 0.05) is 25.6 Å². The second-order valence-electron chi connectivity index (χ2n) is 5.36. The van der Waals surface area contributed by atoms with Crippen molar-refractivity contribution in [1.29, 1.82) is 0 Å². The van der Waals surface area contributed by atoms with E-state index in [-0.39, 0.29) is 22.7 Å². The molecule has 0 radical (unpaired) electrons. The van der Waals surface area contributed by atoms with Crippen molar-refractivity contribution in [2.75, 3.05) is 17.6 Å². The predicted molar refractivity (Wildman–Crippen MR) is 97.9 cm³/mol. The molecule has 2 amide bonds. The molecule has 0 heterocycles. The van der Waals surface area contributed by atoms with Gasteiger partial charge in [-0.25, -0.2) is 0 Å². The van der Waals surface area contributed by atoms with Gasteiger partial charge in [-0.15, -0.1) is 0 Å². The summed E-state index contributed by atoms with van der Waals surface area (Å²) in [5.74, 6) is 0.0636. The maximum atomic E-state index is 11.8. The summed E-state index contributed by atoms with van der Waals surface area (Å²) in [5, 5.41) is 5.58. The lowest BCUT2D eigenvalue weighted by Crippen LogP contribution is -2.26. The van der Waals surface area contributed by atoms with Crippen molar-refractivity contribution in [3.05, 3.63) is 24.3 Å². The lowest BCUT2D eigenvalue weighted by Gasteiger charge is -2.06. The van der Waals surface area contributed by atoms with E-state index in [1.54, 1.807) is 0 Å². The number of unbranched alkanes of at least 4 members (excludes halogenated alkanes) is 2. The average molecular weight is 334 g/mol. The summed E-state index contributed by atoms with van der Waals surface area (Å²) in [6, 6.07) is 7.71. The molecule has 0 bridgehead atoms. The van der Waals surface area contributed by atoms with E-state index < -0.39 is 0 Å². The zero-order valence-electron chi connectivity index (χ0n) is 13.7. The van der Waals surface area contributed by atoms with Gasteiger partial charge in [0.15, 0.2) is 5.12 Å². The van der Waals surface area contributed by atoms with Gasteiger partial charge in [0.05, 0.1) is 5.75 Å². The summed E-state index contributed by atoms with van der Waals surface area (Å²) in [6.07, 6.45) is 2.97. The third-order valence-corrected chi connectivity index (χ3v) is 3.92. The Labute approximate surface area is 142 Å². The van der Waals surface area contributed by atoms with Crippen molar-refractivity contribution in [2.45, 2.75) is 32.6 Å². The van der Waals surface area contributed by atoms with Crippen LogP contribution in [-0.4, -0.2) is 37.1 Å². The van der Waals surface area contributed by atoms with E-state index in [9.17, 15) is 14.4 Å². The molecule has 1 aromatic rings. The number of amides is 2. The van der Waals surface area contributed by atoms with Gasteiger partial charge in [-0.2, -0.15) is 0 Å². The second-order valence-corrected chi connectivity index (χ2v) is 6.51. The fraction of sp³-hybridized carbons (Fsp3) is 0.438. The molecule has 23 heavy (non-hydrogen) atoms. The highest BCUT2D eigenvalue weighted by Gasteiger charge is 2.04. The maximum Gasteiger partial charge on any atom is 0.230 e. The van der Waals surface area contributed by atoms with Crippen molar-refractivity contribution in [1.82, 2.24) is 5.32 Å². The molecule has 0 saturated heterocycles. The zero-order chi connectivity index (χ0) is 17.1. The lowest BCUT2D eigenvalue weighted by atomic mass is 9.96. The first-order valence-corrected chi connectivity index (χ1v) is 8.72. The molecule has 0 unspecified atom stereocenters. The second kappa shape index (κ2) is 10.9. The highest BCUT2D eigenvalue weighted by atomic mass is 32.2. The van der Waals surface area contributed by atoms with Crippen LogP contribution in [0.15, 0.2) is 24.3 Å². The molecule has 1 rings (SSSR count). The molecular formula is C16H23BN2O3S. The molecule has 0 aliphatic rings. The molecule has 7 heteroatoms. The number of nitrogens with one attached hydrogen (secondary N) is 2. The van der Waals surface area contributed by atoms with Crippen LogP contribution in [0.3, 0.4) is 0 Å². The van der Waals surface area contributed by atoms with Gasteiger partial charge >= 0.3 is 0 Å². The summed E-state index contributed by atoms with van der Waals surface area (Å²) in [6.45, 7) is 2.02. The van der Waals surface area contributed by atoms with Crippen molar-refractivity contribution >= 4 is 47.7 Å². The molecule has 5 nitrogen and oxygen atoms in total. The summed E-state index contributed by atoms with van der Waals surface area (Å²) < 4.78 is 0. The normalized spacial score (nSPS) is 10.1. The first-order chi connectivity index (χ1) is 11.0. The van der Waals surface area contributed by atoms with E-state index in [4.69, 9.17) is 0 Å². The summed E-state index contributed by atoms with van der Waals surface area (Å²) in [4.78, 5) is 33.9. The van der Waals surface area contributed by atoms with Crippen molar-refractivity contribution < 1.29 is 14.4 Å². The lowest BCUT2D eigenvalue weighted by molar-refractivity contribution is -0.119. The largest absolute Gasteiger partial charge is 0.355 e. The Morgan fingerprint density at radius 1 is 1.13 bits per heavy atom. The van der Waals surface area contributed by atoms with Gasteiger partial charge < -0.3 is 10.6 Å². The van der Waals surface area contributed by atoms with Gasteiger partial charge in [-0.1, -0.05) is 35.8 Å². The molecule has 0 saturated carbocycles. The van der Waals surface area contributed by atoms with Crippen molar-refractivity contribution in [3.8, 4) is 0 Å². The quantitative estimate of drug-likeness (QED) is 0.518. The number of anilines is 1. The summed E-state index contributed by atoms with van der Waals surface area (Å²) in [7, 11) is 1.98. The van der Waals surface area contributed by atoms with E-state index in [1.165, 1.54) is 6.92 Å². The van der Waals surface area contributed by atoms with E-state index in [1.807, 2.05) is 32.1 Å². The van der Waals surface area contributed by atoms with E-state index in [2.05, 4.69) is 10.6 Å². The van der Waals surface area contributed by atoms with Crippen LogP contribution in [0.1, 0.15) is 32.6 Å². The SMILES string of the molecule is Bc1cccc(NC(=O)CCCCCNC(=O)CSC(C)=O)c1. The van der Waals surface area contributed by atoms with Crippen molar-refractivity contribution in [3.63, 3.8) is 0 Å². The molecule has 124 valence electrons. The average Bonchev–Trinajstić information content (AvgIpc) is 2.48.